The monoisotopic (exact) mass is 445 g/mol. The maximum absolute atomic E-state index is 12.3. The van der Waals surface area contributed by atoms with Crippen LogP contribution in [-0.4, -0.2) is 89.3 Å². The molecule has 10 nitrogen and oxygen atoms in total. The van der Waals surface area contributed by atoms with Crippen LogP contribution < -0.4 is 4.31 Å². The van der Waals surface area contributed by atoms with E-state index in [-0.39, 0.29) is 37.5 Å². The van der Waals surface area contributed by atoms with E-state index >= 15 is 0 Å². The second-order valence-corrected chi connectivity index (χ2v) is 10.9. The van der Waals surface area contributed by atoms with E-state index in [2.05, 4.69) is 0 Å². The van der Waals surface area contributed by atoms with Gasteiger partial charge in [0.25, 0.3) is 5.91 Å². The van der Waals surface area contributed by atoms with Gasteiger partial charge in [-0.15, -0.1) is 0 Å². The van der Waals surface area contributed by atoms with Crippen molar-refractivity contribution in [2.75, 3.05) is 55.6 Å². The van der Waals surface area contributed by atoms with Crippen LogP contribution >= 0.6 is 0 Å². The highest BCUT2D eigenvalue weighted by Gasteiger charge is 2.29. The molecule has 1 aromatic rings. The van der Waals surface area contributed by atoms with E-state index in [4.69, 9.17) is 4.74 Å². The fourth-order valence-electron chi connectivity index (χ4n) is 3.29. The summed E-state index contributed by atoms with van der Waals surface area (Å²) < 4.78 is 54.7. The van der Waals surface area contributed by atoms with E-state index in [0.29, 0.717) is 18.7 Å². The highest BCUT2D eigenvalue weighted by atomic mass is 32.2. The highest BCUT2D eigenvalue weighted by molar-refractivity contribution is 7.93. The van der Waals surface area contributed by atoms with Crippen molar-refractivity contribution in [3.05, 3.63) is 29.8 Å². The fraction of sp³-hybridized carbons (Fsp3) is 0.529. The Morgan fingerprint density at radius 3 is 2.38 bits per heavy atom. The molecule has 0 aliphatic carbocycles. The molecule has 3 rings (SSSR count). The van der Waals surface area contributed by atoms with Crippen molar-refractivity contribution >= 4 is 37.6 Å². The maximum Gasteiger partial charge on any atom is 0.338 e. The van der Waals surface area contributed by atoms with Gasteiger partial charge in [-0.05, 0) is 24.6 Å². The summed E-state index contributed by atoms with van der Waals surface area (Å²) >= 11 is 0. The number of piperazine rings is 1. The Balaban J connectivity index is 1.56. The number of ether oxygens (including phenoxy) is 1. The number of sulfonamides is 2. The third kappa shape index (κ3) is 5.06. The summed E-state index contributed by atoms with van der Waals surface area (Å²) in [5.74, 6) is -1.07. The molecule has 160 valence electrons. The number of anilines is 1. The molecule has 0 unspecified atom stereocenters. The van der Waals surface area contributed by atoms with E-state index in [1.807, 2.05) is 0 Å². The lowest BCUT2D eigenvalue weighted by atomic mass is 10.2. The summed E-state index contributed by atoms with van der Waals surface area (Å²) in [6.07, 6.45) is 1.64. The van der Waals surface area contributed by atoms with Crippen LogP contribution in [0.5, 0.6) is 0 Å². The molecule has 0 saturated carbocycles. The van der Waals surface area contributed by atoms with Crippen LogP contribution in [0.25, 0.3) is 0 Å². The van der Waals surface area contributed by atoms with E-state index in [1.165, 1.54) is 25.6 Å². The van der Waals surface area contributed by atoms with Crippen molar-refractivity contribution < 1.29 is 31.2 Å². The second kappa shape index (κ2) is 8.28. The Morgan fingerprint density at radius 1 is 1.10 bits per heavy atom. The van der Waals surface area contributed by atoms with Crippen molar-refractivity contribution in [3.8, 4) is 0 Å². The molecule has 2 saturated heterocycles. The third-order valence-corrected chi connectivity index (χ3v) is 8.03. The molecule has 2 fully saturated rings. The zero-order valence-electron chi connectivity index (χ0n) is 16.0. The quantitative estimate of drug-likeness (QED) is 0.560. The Hall–Kier alpha value is -2.18. The average molecular weight is 446 g/mol. The highest BCUT2D eigenvalue weighted by Crippen LogP contribution is 2.25. The number of nitrogens with zero attached hydrogens (tertiary/aromatic N) is 3. The number of hydrogen-bond acceptors (Lipinski definition) is 7. The predicted octanol–water partition coefficient (Wildman–Crippen LogP) is -0.513. The van der Waals surface area contributed by atoms with Gasteiger partial charge < -0.3 is 9.64 Å². The first-order valence-electron chi connectivity index (χ1n) is 9.08. The molecule has 12 heteroatoms. The first-order chi connectivity index (χ1) is 13.6. The molecule has 0 atom stereocenters. The second-order valence-electron chi connectivity index (χ2n) is 6.91. The summed E-state index contributed by atoms with van der Waals surface area (Å²) in [5.41, 5.74) is 0.541. The number of carbonyl (C=O) groups is 2. The minimum atomic E-state index is -3.36. The normalized spacial score (nSPS) is 19.9. The molecule has 2 aliphatic heterocycles. The zero-order chi connectivity index (χ0) is 21.2. The van der Waals surface area contributed by atoms with Gasteiger partial charge in [0, 0.05) is 32.7 Å². The van der Waals surface area contributed by atoms with Gasteiger partial charge in [0.2, 0.25) is 20.0 Å². The van der Waals surface area contributed by atoms with Gasteiger partial charge in [-0.3, -0.25) is 9.10 Å². The SMILES string of the molecule is CS(=O)(=O)N1CCN(C(=O)COC(=O)c2cccc(N3CCCS3(=O)=O)c2)CC1. The number of esters is 1. The Bertz CT molecular complexity index is 1000. The predicted molar refractivity (Wildman–Crippen MR) is 105 cm³/mol. The van der Waals surface area contributed by atoms with Crippen LogP contribution in [-0.2, 0) is 29.6 Å². The standard InChI is InChI=1S/C17H23N3O7S2/c1-28(23,24)19-9-7-18(8-10-19)16(21)13-27-17(22)14-4-2-5-15(12-14)20-6-3-11-29(20,25)26/h2,4-5,12H,3,6-11,13H2,1H3. The van der Waals surface area contributed by atoms with Crippen LogP contribution in [0.1, 0.15) is 16.8 Å². The van der Waals surface area contributed by atoms with E-state index < -0.39 is 38.5 Å². The molecule has 0 spiro atoms. The van der Waals surface area contributed by atoms with Gasteiger partial charge in [-0.25, -0.2) is 21.6 Å². The van der Waals surface area contributed by atoms with Gasteiger partial charge >= 0.3 is 5.97 Å². The molecule has 2 heterocycles. The van der Waals surface area contributed by atoms with E-state index in [1.54, 1.807) is 12.1 Å². The lowest BCUT2D eigenvalue weighted by molar-refractivity contribution is -0.135. The van der Waals surface area contributed by atoms with Gasteiger partial charge in [0.1, 0.15) is 0 Å². The molecule has 29 heavy (non-hydrogen) atoms. The number of amides is 1. The van der Waals surface area contributed by atoms with E-state index in [0.717, 1.165) is 6.26 Å². The van der Waals surface area contributed by atoms with Crippen LogP contribution in [0.15, 0.2) is 24.3 Å². The molecule has 1 amide bonds. The summed E-state index contributed by atoms with van der Waals surface area (Å²) in [6, 6.07) is 6.09. The molecule has 1 aromatic carbocycles. The summed E-state index contributed by atoms with van der Waals surface area (Å²) in [4.78, 5) is 26.0. The number of benzene rings is 1. The van der Waals surface area contributed by atoms with Crippen LogP contribution in [0.2, 0.25) is 0 Å². The van der Waals surface area contributed by atoms with Gasteiger partial charge in [-0.2, -0.15) is 4.31 Å². The topological polar surface area (TPSA) is 121 Å². The van der Waals surface area contributed by atoms with Crippen molar-refractivity contribution in [2.45, 2.75) is 6.42 Å². The molecule has 0 radical (unpaired) electrons. The van der Waals surface area contributed by atoms with Crippen molar-refractivity contribution in [1.82, 2.24) is 9.21 Å². The first-order valence-corrected chi connectivity index (χ1v) is 12.5. The third-order valence-electron chi connectivity index (χ3n) is 4.86. The molecule has 0 aromatic heterocycles. The molecular formula is C17H23N3O7S2. The molecule has 0 bridgehead atoms. The molecular weight excluding hydrogens is 422 g/mol. The Labute approximate surface area is 170 Å². The summed E-state index contributed by atoms with van der Waals surface area (Å²) in [6.45, 7) is 0.746. The number of rotatable bonds is 5. The van der Waals surface area contributed by atoms with Gasteiger partial charge in [0.15, 0.2) is 6.61 Å². The average Bonchev–Trinajstić information content (AvgIpc) is 3.04. The van der Waals surface area contributed by atoms with Gasteiger partial charge in [-0.1, -0.05) is 6.07 Å². The largest absolute Gasteiger partial charge is 0.452 e. The van der Waals surface area contributed by atoms with Crippen LogP contribution in [0.3, 0.4) is 0 Å². The first kappa shape index (κ1) is 21.5. The summed E-state index contributed by atoms with van der Waals surface area (Å²) in [5, 5.41) is 0. The minimum Gasteiger partial charge on any atom is -0.452 e. The van der Waals surface area contributed by atoms with Crippen LogP contribution in [0.4, 0.5) is 5.69 Å². The number of carbonyl (C=O) groups excluding carboxylic acids is 2. The van der Waals surface area contributed by atoms with E-state index in [9.17, 15) is 26.4 Å². The molecule has 0 N–H and O–H groups in total. The molecule has 2 aliphatic rings. The Kier molecular flexibility index (Phi) is 6.15. The number of hydrogen-bond donors (Lipinski definition) is 0. The van der Waals surface area contributed by atoms with Crippen LogP contribution in [0, 0.1) is 0 Å². The van der Waals surface area contributed by atoms with Crippen molar-refractivity contribution in [2.24, 2.45) is 0 Å². The zero-order valence-corrected chi connectivity index (χ0v) is 17.6. The summed E-state index contributed by atoms with van der Waals surface area (Å²) in [7, 11) is -6.66. The van der Waals surface area contributed by atoms with Crippen molar-refractivity contribution in [1.29, 1.82) is 0 Å². The maximum atomic E-state index is 12.3. The fourth-order valence-corrected chi connectivity index (χ4v) is 5.67. The lowest BCUT2D eigenvalue weighted by Gasteiger charge is -2.33. The Morgan fingerprint density at radius 2 is 1.79 bits per heavy atom. The van der Waals surface area contributed by atoms with Gasteiger partial charge in [0.05, 0.1) is 23.3 Å². The smallest absolute Gasteiger partial charge is 0.338 e. The minimum absolute atomic E-state index is 0.0722. The lowest BCUT2D eigenvalue weighted by Crippen LogP contribution is -2.51. The van der Waals surface area contributed by atoms with Crippen molar-refractivity contribution in [3.63, 3.8) is 0 Å².